The number of hydrogen-bond acceptors (Lipinski definition) is 4. The van der Waals surface area contributed by atoms with E-state index < -0.39 is 13.9 Å². The van der Waals surface area contributed by atoms with Gasteiger partial charge in [0, 0.05) is 12.8 Å². The Morgan fingerprint density at radius 3 is 2.71 bits per heavy atom. The van der Waals surface area contributed by atoms with Crippen molar-refractivity contribution in [3.8, 4) is 0 Å². The first kappa shape index (κ1) is 11.7. The van der Waals surface area contributed by atoms with Crippen LogP contribution in [0, 0.1) is 0 Å². The summed E-state index contributed by atoms with van der Waals surface area (Å²) >= 11 is 0. The van der Waals surface area contributed by atoms with E-state index in [2.05, 4.69) is 19.6 Å². The van der Waals surface area contributed by atoms with E-state index in [0.29, 0.717) is 12.5 Å². The number of carbonyl (C=O) groups is 1. The highest BCUT2D eigenvalue weighted by atomic mass is 28.4. The van der Waals surface area contributed by atoms with Crippen molar-refractivity contribution in [2.75, 3.05) is 0 Å². The normalized spacial score (nSPS) is 44.6. The lowest BCUT2D eigenvalue weighted by Crippen LogP contribution is -2.54. The molecule has 0 radical (unpaired) electrons. The zero-order chi connectivity index (χ0) is 12.3. The Balaban J connectivity index is 1.83. The van der Waals surface area contributed by atoms with E-state index in [-0.39, 0.29) is 18.2 Å². The fraction of sp³-hybridized carbons (Fsp3) is 0.917. The molecule has 96 valence electrons. The molecular weight excluding hydrogens is 236 g/mol. The number of esters is 1. The van der Waals surface area contributed by atoms with Gasteiger partial charge < -0.3 is 13.9 Å². The summed E-state index contributed by atoms with van der Waals surface area (Å²) in [7, 11) is -1.62. The maximum Gasteiger partial charge on any atom is 0.306 e. The second-order valence-corrected chi connectivity index (χ2v) is 10.8. The summed E-state index contributed by atoms with van der Waals surface area (Å²) in [4.78, 5) is 11.5. The van der Waals surface area contributed by atoms with Crippen LogP contribution < -0.4 is 0 Å². The van der Waals surface area contributed by atoms with Gasteiger partial charge in [-0.05, 0) is 32.5 Å². The maximum absolute atomic E-state index is 11.5. The van der Waals surface area contributed by atoms with Gasteiger partial charge in [0.15, 0.2) is 13.9 Å². The summed E-state index contributed by atoms with van der Waals surface area (Å²) in [6.07, 6.45) is 3.73. The Morgan fingerprint density at radius 1 is 1.35 bits per heavy atom. The van der Waals surface area contributed by atoms with Crippen LogP contribution in [-0.4, -0.2) is 38.2 Å². The molecule has 3 fully saturated rings. The van der Waals surface area contributed by atoms with E-state index in [1.807, 2.05) is 0 Å². The van der Waals surface area contributed by atoms with Crippen molar-refractivity contribution in [3.63, 3.8) is 0 Å². The van der Waals surface area contributed by atoms with Gasteiger partial charge in [-0.1, -0.05) is 0 Å². The number of hydrogen-bond donors (Lipinski definition) is 0. The molecule has 3 rings (SSSR count). The molecule has 0 aromatic heterocycles. The van der Waals surface area contributed by atoms with Crippen LogP contribution >= 0.6 is 0 Å². The zero-order valence-electron chi connectivity index (χ0n) is 10.7. The molecule has 1 spiro atoms. The third kappa shape index (κ3) is 1.94. The number of epoxide rings is 1. The van der Waals surface area contributed by atoms with Crippen LogP contribution in [0.25, 0.3) is 0 Å². The van der Waals surface area contributed by atoms with Crippen molar-refractivity contribution in [3.05, 3.63) is 0 Å². The summed E-state index contributed by atoms with van der Waals surface area (Å²) in [5.41, 5.74) is -0.458. The Kier molecular flexibility index (Phi) is 2.44. The van der Waals surface area contributed by atoms with Crippen LogP contribution in [0.5, 0.6) is 0 Å². The van der Waals surface area contributed by atoms with Gasteiger partial charge in [-0.25, -0.2) is 0 Å². The number of ether oxygens (including phenoxy) is 2. The first-order valence-electron chi connectivity index (χ1n) is 6.46. The highest BCUT2D eigenvalue weighted by Gasteiger charge is 2.66. The molecule has 0 aromatic carbocycles. The Morgan fingerprint density at radius 2 is 2.12 bits per heavy atom. The van der Waals surface area contributed by atoms with Crippen molar-refractivity contribution >= 4 is 14.3 Å². The summed E-state index contributed by atoms with van der Waals surface area (Å²) in [6.45, 7) is 6.53. The molecule has 1 aliphatic carbocycles. The summed E-state index contributed by atoms with van der Waals surface area (Å²) in [5.74, 6) is -0.0923. The molecule has 0 bridgehead atoms. The molecule has 2 saturated heterocycles. The van der Waals surface area contributed by atoms with Crippen molar-refractivity contribution in [1.82, 2.24) is 0 Å². The van der Waals surface area contributed by atoms with Crippen LogP contribution in [0.3, 0.4) is 0 Å². The minimum Gasteiger partial charge on any atom is -0.453 e. The lowest BCUT2D eigenvalue weighted by Gasteiger charge is -2.40. The molecule has 0 unspecified atom stereocenters. The lowest BCUT2D eigenvalue weighted by atomic mass is 9.80. The second kappa shape index (κ2) is 3.55. The third-order valence-corrected chi connectivity index (χ3v) is 4.83. The standard InChI is InChI=1S/C12H20O4Si/c1-17(2,3)16-9-5-4-8-11(14-8)12(9)7-6-10(13)15-12/h8-9,11H,4-7H2,1-3H3/t8-,9-,11-,12-/m1/s1. The average molecular weight is 256 g/mol. The summed E-state index contributed by atoms with van der Waals surface area (Å²) in [6, 6.07) is 0. The van der Waals surface area contributed by atoms with E-state index in [4.69, 9.17) is 13.9 Å². The fourth-order valence-corrected chi connectivity index (χ4v) is 4.33. The second-order valence-electron chi connectivity index (χ2n) is 6.32. The van der Waals surface area contributed by atoms with Gasteiger partial charge in [0.25, 0.3) is 0 Å². The Labute approximate surface area is 103 Å². The molecule has 0 aromatic rings. The largest absolute Gasteiger partial charge is 0.453 e. The van der Waals surface area contributed by atoms with E-state index in [1.54, 1.807) is 0 Å². The van der Waals surface area contributed by atoms with E-state index >= 15 is 0 Å². The van der Waals surface area contributed by atoms with Crippen LogP contribution in [0.15, 0.2) is 0 Å². The van der Waals surface area contributed by atoms with Gasteiger partial charge in [0.2, 0.25) is 0 Å². The molecule has 17 heavy (non-hydrogen) atoms. The van der Waals surface area contributed by atoms with Crippen LogP contribution in [-0.2, 0) is 18.7 Å². The first-order valence-corrected chi connectivity index (χ1v) is 9.87. The Bertz CT molecular complexity index is 351. The average Bonchev–Trinajstić information content (AvgIpc) is 2.89. The molecular formula is C12H20O4Si. The topological polar surface area (TPSA) is 48.1 Å². The van der Waals surface area contributed by atoms with Gasteiger partial charge in [0.05, 0.1) is 12.2 Å². The lowest BCUT2D eigenvalue weighted by molar-refractivity contribution is -0.161. The molecule has 0 amide bonds. The zero-order valence-corrected chi connectivity index (χ0v) is 11.7. The maximum atomic E-state index is 11.5. The van der Waals surface area contributed by atoms with E-state index in [1.165, 1.54) is 0 Å². The molecule has 3 aliphatic rings. The molecule has 5 heteroatoms. The van der Waals surface area contributed by atoms with Crippen molar-refractivity contribution < 1.29 is 18.7 Å². The predicted octanol–water partition coefficient (Wildman–Crippen LogP) is 1.84. The van der Waals surface area contributed by atoms with Crippen molar-refractivity contribution in [2.24, 2.45) is 0 Å². The minimum atomic E-state index is -1.62. The Hall–Kier alpha value is -0.393. The molecule has 4 atom stereocenters. The van der Waals surface area contributed by atoms with Gasteiger partial charge >= 0.3 is 5.97 Å². The highest BCUT2D eigenvalue weighted by molar-refractivity contribution is 6.69. The summed E-state index contributed by atoms with van der Waals surface area (Å²) < 4.78 is 17.5. The first-order chi connectivity index (χ1) is 7.91. The van der Waals surface area contributed by atoms with Gasteiger partial charge in [-0.3, -0.25) is 4.79 Å². The third-order valence-electron chi connectivity index (χ3n) is 3.84. The molecule has 2 heterocycles. The van der Waals surface area contributed by atoms with Crippen LogP contribution in [0.4, 0.5) is 0 Å². The highest BCUT2D eigenvalue weighted by Crippen LogP contribution is 2.51. The number of fused-ring (bicyclic) bond motifs is 2. The van der Waals surface area contributed by atoms with Gasteiger partial charge in [0.1, 0.15) is 6.10 Å². The van der Waals surface area contributed by atoms with E-state index in [9.17, 15) is 4.79 Å². The van der Waals surface area contributed by atoms with Crippen molar-refractivity contribution in [1.29, 1.82) is 0 Å². The van der Waals surface area contributed by atoms with Crippen LogP contribution in [0.1, 0.15) is 25.7 Å². The van der Waals surface area contributed by atoms with Gasteiger partial charge in [-0.2, -0.15) is 0 Å². The van der Waals surface area contributed by atoms with E-state index in [0.717, 1.165) is 19.3 Å². The molecule has 1 saturated carbocycles. The smallest absolute Gasteiger partial charge is 0.306 e. The molecule has 0 N–H and O–H groups in total. The number of carbonyl (C=O) groups excluding carboxylic acids is 1. The van der Waals surface area contributed by atoms with Gasteiger partial charge in [-0.15, -0.1) is 0 Å². The van der Waals surface area contributed by atoms with Crippen molar-refractivity contribution in [2.45, 2.75) is 69.2 Å². The quantitative estimate of drug-likeness (QED) is 0.430. The predicted molar refractivity (Wildman–Crippen MR) is 64.2 cm³/mol. The summed E-state index contributed by atoms with van der Waals surface area (Å²) in [5, 5.41) is 0. The minimum absolute atomic E-state index is 0.0457. The molecule has 2 aliphatic heterocycles. The number of rotatable bonds is 2. The monoisotopic (exact) mass is 256 g/mol. The fourth-order valence-electron chi connectivity index (χ4n) is 3.16. The SMILES string of the molecule is C[Si](C)(C)O[C@@H]1CC[C@H]2O[C@H]2[C@@]12CCC(=O)O2. The van der Waals surface area contributed by atoms with Crippen LogP contribution in [0.2, 0.25) is 19.6 Å². The molecule has 4 nitrogen and oxygen atoms in total.